The molecule has 1 amide bonds. The van der Waals surface area contributed by atoms with Crippen molar-refractivity contribution in [2.45, 2.75) is 26.3 Å². The van der Waals surface area contributed by atoms with Crippen molar-refractivity contribution in [3.8, 4) is 0 Å². The average Bonchev–Trinajstić information content (AvgIpc) is 2.09. The number of hydrogen-bond donors (Lipinski definition) is 1. The molecule has 0 aromatic rings. The Kier molecular flexibility index (Phi) is 7.28. The summed E-state index contributed by atoms with van der Waals surface area (Å²) in [6, 6.07) is -0.0659. The fourth-order valence-corrected chi connectivity index (χ4v) is 1.48. The molecule has 0 spiro atoms. The first-order valence-corrected chi connectivity index (χ1v) is 5.85. The standard InChI is InChI=1S/C9H17NO3S/c1-7(11)10-9(4-5-14-3)6-13-8(2)12/h9H,4-6H2,1-3H3,(H,10,11)/t9-/m0/s1. The summed E-state index contributed by atoms with van der Waals surface area (Å²) in [7, 11) is 0. The lowest BCUT2D eigenvalue weighted by Gasteiger charge is -2.16. The van der Waals surface area contributed by atoms with Gasteiger partial charge >= 0.3 is 5.97 Å². The highest BCUT2D eigenvalue weighted by Crippen LogP contribution is 2.01. The predicted molar refractivity (Wildman–Crippen MR) is 57.2 cm³/mol. The third-order valence-electron chi connectivity index (χ3n) is 1.57. The highest BCUT2D eigenvalue weighted by molar-refractivity contribution is 7.98. The van der Waals surface area contributed by atoms with Gasteiger partial charge in [-0.15, -0.1) is 0 Å². The Hall–Kier alpha value is -0.710. The number of carbonyl (C=O) groups excluding carboxylic acids is 2. The second kappa shape index (κ2) is 7.67. The number of nitrogens with one attached hydrogen (secondary N) is 1. The van der Waals surface area contributed by atoms with Crippen LogP contribution < -0.4 is 5.32 Å². The average molecular weight is 219 g/mol. The minimum Gasteiger partial charge on any atom is -0.464 e. The van der Waals surface area contributed by atoms with Gasteiger partial charge in [0.15, 0.2) is 0 Å². The Bertz CT molecular complexity index is 196. The Morgan fingerprint density at radius 1 is 1.43 bits per heavy atom. The van der Waals surface area contributed by atoms with Gasteiger partial charge in [0.2, 0.25) is 5.91 Å². The molecule has 0 saturated heterocycles. The quantitative estimate of drug-likeness (QED) is 0.672. The summed E-state index contributed by atoms with van der Waals surface area (Å²) in [6.45, 7) is 3.08. The molecular formula is C9H17NO3S. The molecule has 0 heterocycles. The molecule has 0 bridgehead atoms. The fourth-order valence-electron chi connectivity index (χ4n) is 0.963. The summed E-state index contributed by atoms with van der Waals surface area (Å²) in [5.74, 6) is 0.527. The van der Waals surface area contributed by atoms with Crippen molar-refractivity contribution in [1.29, 1.82) is 0 Å². The molecule has 0 rings (SSSR count). The zero-order valence-corrected chi connectivity index (χ0v) is 9.65. The van der Waals surface area contributed by atoms with Gasteiger partial charge in [0.05, 0.1) is 6.04 Å². The molecule has 0 radical (unpaired) electrons. The third-order valence-corrected chi connectivity index (χ3v) is 2.21. The summed E-state index contributed by atoms with van der Waals surface area (Å²) in [4.78, 5) is 21.4. The Morgan fingerprint density at radius 2 is 2.07 bits per heavy atom. The van der Waals surface area contributed by atoms with Crippen LogP contribution in [0.25, 0.3) is 0 Å². The first kappa shape index (κ1) is 13.3. The van der Waals surface area contributed by atoms with E-state index in [1.165, 1.54) is 13.8 Å². The number of amides is 1. The van der Waals surface area contributed by atoms with Gasteiger partial charge in [-0.3, -0.25) is 9.59 Å². The lowest BCUT2D eigenvalue weighted by molar-refractivity contribution is -0.142. The number of ether oxygens (including phenoxy) is 1. The fraction of sp³-hybridized carbons (Fsp3) is 0.778. The molecule has 0 aliphatic heterocycles. The summed E-state index contributed by atoms with van der Waals surface area (Å²) in [5, 5.41) is 2.74. The number of hydrogen-bond acceptors (Lipinski definition) is 4. The van der Waals surface area contributed by atoms with Crippen molar-refractivity contribution in [2.75, 3.05) is 18.6 Å². The molecule has 0 unspecified atom stereocenters. The highest BCUT2D eigenvalue weighted by atomic mass is 32.2. The van der Waals surface area contributed by atoms with E-state index in [4.69, 9.17) is 4.74 Å². The molecule has 0 aromatic carbocycles. The predicted octanol–water partition coefficient (Wildman–Crippen LogP) is 0.807. The molecule has 0 saturated carbocycles. The van der Waals surface area contributed by atoms with Gasteiger partial charge in [-0.25, -0.2) is 0 Å². The monoisotopic (exact) mass is 219 g/mol. The molecule has 0 aliphatic carbocycles. The molecule has 0 aliphatic rings. The zero-order valence-electron chi connectivity index (χ0n) is 8.83. The summed E-state index contributed by atoms with van der Waals surface area (Å²) in [6.07, 6.45) is 2.81. The van der Waals surface area contributed by atoms with Gasteiger partial charge in [0, 0.05) is 13.8 Å². The van der Waals surface area contributed by atoms with Gasteiger partial charge in [-0.2, -0.15) is 11.8 Å². The van der Waals surface area contributed by atoms with Crippen LogP contribution in [0.15, 0.2) is 0 Å². The van der Waals surface area contributed by atoms with Crippen LogP contribution in [-0.2, 0) is 14.3 Å². The molecular weight excluding hydrogens is 202 g/mol. The van der Waals surface area contributed by atoms with Crippen molar-refractivity contribution in [1.82, 2.24) is 5.32 Å². The SMILES string of the molecule is CSCC[C@@H](COC(C)=O)NC(C)=O. The molecule has 5 heteroatoms. The number of thioether (sulfide) groups is 1. The van der Waals surface area contributed by atoms with Gasteiger partial charge in [0.1, 0.15) is 6.61 Å². The lowest BCUT2D eigenvalue weighted by Crippen LogP contribution is -2.37. The molecule has 4 nitrogen and oxygen atoms in total. The van der Waals surface area contributed by atoms with E-state index in [1.807, 2.05) is 6.26 Å². The van der Waals surface area contributed by atoms with Crippen molar-refractivity contribution in [3.05, 3.63) is 0 Å². The highest BCUT2D eigenvalue weighted by Gasteiger charge is 2.10. The van der Waals surface area contributed by atoms with E-state index in [0.717, 1.165) is 12.2 Å². The van der Waals surface area contributed by atoms with Crippen LogP contribution in [0.3, 0.4) is 0 Å². The Labute approximate surface area is 88.8 Å². The Morgan fingerprint density at radius 3 is 2.50 bits per heavy atom. The van der Waals surface area contributed by atoms with Crippen molar-refractivity contribution < 1.29 is 14.3 Å². The van der Waals surface area contributed by atoms with Gasteiger partial charge in [-0.1, -0.05) is 0 Å². The maximum atomic E-state index is 10.8. The first-order valence-electron chi connectivity index (χ1n) is 4.45. The van der Waals surface area contributed by atoms with Crippen LogP contribution in [0, 0.1) is 0 Å². The maximum absolute atomic E-state index is 10.8. The molecule has 0 aromatic heterocycles. The molecule has 0 fully saturated rings. The summed E-state index contributed by atoms with van der Waals surface area (Å²) >= 11 is 1.70. The first-order chi connectivity index (χ1) is 6.56. The van der Waals surface area contributed by atoms with E-state index < -0.39 is 0 Å². The van der Waals surface area contributed by atoms with E-state index in [0.29, 0.717) is 0 Å². The third kappa shape index (κ3) is 7.91. The minimum absolute atomic E-state index is 0.0659. The van der Waals surface area contributed by atoms with Gasteiger partial charge in [-0.05, 0) is 18.4 Å². The smallest absolute Gasteiger partial charge is 0.302 e. The maximum Gasteiger partial charge on any atom is 0.302 e. The van der Waals surface area contributed by atoms with E-state index in [2.05, 4.69) is 5.32 Å². The molecule has 82 valence electrons. The van der Waals surface area contributed by atoms with E-state index in [-0.39, 0.29) is 24.5 Å². The number of esters is 1. The van der Waals surface area contributed by atoms with Crippen molar-refractivity contribution in [2.24, 2.45) is 0 Å². The van der Waals surface area contributed by atoms with Crippen LogP contribution in [0.2, 0.25) is 0 Å². The van der Waals surface area contributed by atoms with Gasteiger partial charge in [0.25, 0.3) is 0 Å². The van der Waals surface area contributed by atoms with Crippen LogP contribution >= 0.6 is 11.8 Å². The molecule has 1 N–H and O–H groups in total. The largest absolute Gasteiger partial charge is 0.464 e. The minimum atomic E-state index is -0.315. The normalized spacial score (nSPS) is 11.9. The van der Waals surface area contributed by atoms with Crippen LogP contribution in [0.1, 0.15) is 20.3 Å². The van der Waals surface area contributed by atoms with Gasteiger partial charge < -0.3 is 10.1 Å². The molecule has 1 atom stereocenters. The summed E-state index contributed by atoms with van der Waals surface area (Å²) < 4.78 is 4.84. The molecule has 14 heavy (non-hydrogen) atoms. The zero-order chi connectivity index (χ0) is 11.0. The number of carbonyl (C=O) groups is 2. The lowest BCUT2D eigenvalue weighted by atomic mass is 10.2. The van der Waals surface area contributed by atoms with E-state index in [1.54, 1.807) is 11.8 Å². The van der Waals surface area contributed by atoms with Crippen LogP contribution in [0.4, 0.5) is 0 Å². The van der Waals surface area contributed by atoms with Crippen LogP contribution in [0.5, 0.6) is 0 Å². The number of rotatable bonds is 6. The topological polar surface area (TPSA) is 55.4 Å². The Balaban J connectivity index is 3.83. The van der Waals surface area contributed by atoms with E-state index >= 15 is 0 Å². The van der Waals surface area contributed by atoms with E-state index in [9.17, 15) is 9.59 Å². The van der Waals surface area contributed by atoms with Crippen LogP contribution in [-0.4, -0.2) is 36.5 Å². The second-order valence-corrected chi connectivity index (χ2v) is 3.97. The summed E-state index contributed by atoms with van der Waals surface area (Å²) in [5.41, 5.74) is 0. The van der Waals surface area contributed by atoms with Crippen molar-refractivity contribution in [3.63, 3.8) is 0 Å². The second-order valence-electron chi connectivity index (χ2n) is 2.98. The van der Waals surface area contributed by atoms with Crippen molar-refractivity contribution >= 4 is 23.6 Å².